The van der Waals surface area contributed by atoms with Crippen LogP contribution in [0.3, 0.4) is 0 Å². The minimum Gasteiger partial charge on any atom is -0.500 e. The number of nitriles is 1. The van der Waals surface area contributed by atoms with Crippen LogP contribution in [0.1, 0.15) is 23.7 Å². The van der Waals surface area contributed by atoms with Gasteiger partial charge in [0.05, 0.1) is 7.11 Å². The van der Waals surface area contributed by atoms with Gasteiger partial charge in [0.2, 0.25) is 5.78 Å². The Bertz CT molecular complexity index is 477. The van der Waals surface area contributed by atoms with E-state index in [9.17, 15) is 9.18 Å². The fraction of sp³-hybridized carbons (Fsp3) is 0.231. The topological polar surface area (TPSA) is 50.1 Å². The zero-order valence-electron chi connectivity index (χ0n) is 9.66. The molecule has 3 nitrogen and oxygen atoms in total. The number of Topliss-reactive ketones (excluding diaryl/α,β-unsaturated/α-hetero) is 1. The molecule has 0 saturated carbocycles. The van der Waals surface area contributed by atoms with Crippen LogP contribution in [0, 0.1) is 17.1 Å². The van der Waals surface area contributed by atoms with Gasteiger partial charge < -0.3 is 4.74 Å². The van der Waals surface area contributed by atoms with E-state index in [0.29, 0.717) is 12.2 Å². The van der Waals surface area contributed by atoms with Crippen molar-refractivity contribution in [3.05, 3.63) is 47.0 Å². The number of ether oxygens (including phenoxy) is 1. The van der Waals surface area contributed by atoms with Gasteiger partial charge in [-0.2, -0.15) is 5.26 Å². The van der Waals surface area contributed by atoms with E-state index in [1.807, 2.05) is 6.07 Å². The molecule has 88 valence electrons. The van der Waals surface area contributed by atoms with Crippen molar-refractivity contribution in [3.63, 3.8) is 0 Å². The number of allylic oxidation sites excluding steroid dienone is 2. The van der Waals surface area contributed by atoms with Crippen molar-refractivity contribution >= 4 is 5.78 Å². The zero-order chi connectivity index (χ0) is 12.8. The summed E-state index contributed by atoms with van der Waals surface area (Å²) in [5.41, 5.74) is 0.229. The standard InChI is InChI=1S/C13H12FNO2/c1-3-12(17-2)11(8-15)13(16)9-4-6-10(14)7-5-9/h4-7H,3H2,1-2H3/b12-11+. The molecule has 0 aliphatic rings. The van der Waals surface area contributed by atoms with Gasteiger partial charge in [-0.25, -0.2) is 4.39 Å². The van der Waals surface area contributed by atoms with E-state index >= 15 is 0 Å². The quantitative estimate of drug-likeness (QED) is 0.348. The first kappa shape index (κ1) is 12.9. The number of halogens is 1. The Balaban J connectivity index is 3.16. The lowest BCUT2D eigenvalue weighted by Crippen LogP contribution is -2.06. The number of carbonyl (C=O) groups excluding carboxylic acids is 1. The predicted molar refractivity (Wildman–Crippen MR) is 60.7 cm³/mol. The highest BCUT2D eigenvalue weighted by atomic mass is 19.1. The molecule has 0 aliphatic carbocycles. The number of ketones is 1. The van der Waals surface area contributed by atoms with Crippen molar-refractivity contribution in [2.45, 2.75) is 13.3 Å². The van der Waals surface area contributed by atoms with Crippen molar-refractivity contribution in [3.8, 4) is 6.07 Å². The van der Waals surface area contributed by atoms with Gasteiger partial charge in [-0.1, -0.05) is 6.92 Å². The average molecular weight is 233 g/mol. The van der Waals surface area contributed by atoms with E-state index in [1.165, 1.54) is 31.4 Å². The highest BCUT2D eigenvalue weighted by molar-refractivity contribution is 6.11. The molecule has 0 radical (unpaired) electrons. The fourth-order valence-electron chi connectivity index (χ4n) is 1.41. The van der Waals surface area contributed by atoms with Crippen molar-refractivity contribution in [2.75, 3.05) is 7.11 Å². The first-order valence-electron chi connectivity index (χ1n) is 5.11. The predicted octanol–water partition coefficient (Wildman–Crippen LogP) is 2.84. The normalized spacial score (nSPS) is 11.4. The Kier molecular flexibility index (Phi) is 4.41. The smallest absolute Gasteiger partial charge is 0.206 e. The van der Waals surface area contributed by atoms with E-state index < -0.39 is 11.6 Å². The Labute approximate surface area is 99.1 Å². The minimum absolute atomic E-state index is 0.0402. The van der Waals surface area contributed by atoms with Gasteiger partial charge in [0.1, 0.15) is 23.2 Å². The molecule has 0 saturated heterocycles. The summed E-state index contributed by atoms with van der Waals surface area (Å²) >= 11 is 0. The van der Waals surface area contributed by atoms with Crippen molar-refractivity contribution in [1.82, 2.24) is 0 Å². The SMILES string of the molecule is CC/C(OC)=C(/C#N)C(=O)c1ccc(F)cc1. The second kappa shape index (κ2) is 5.80. The van der Waals surface area contributed by atoms with Gasteiger partial charge in [0, 0.05) is 12.0 Å². The highest BCUT2D eigenvalue weighted by Crippen LogP contribution is 2.15. The Hall–Kier alpha value is -2.15. The molecule has 0 heterocycles. The third kappa shape index (κ3) is 2.91. The molecule has 0 fully saturated rings. The lowest BCUT2D eigenvalue weighted by molar-refractivity contribution is 0.103. The van der Waals surface area contributed by atoms with E-state index in [2.05, 4.69) is 0 Å². The maximum absolute atomic E-state index is 12.7. The largest absolute Gasteiger partial charge is 0.500 e. The molecule has 0 amide bonds. The summed E-state index contributed by atoms with van der Waals surface area (Å²) in [4.78, 5) is 12.0. The van der Waals surface area contributed by atoms with Crippen LogP contribution in [0.2, 0.25) is 0 Å². The molecule has 17 heavy (non-hydrogen) atoms. The highest BCUT2D eigenvalue weighted by Gasteiger charge is 2.17. The lowest BCUT2D eigenvalue weighted by Gasteiger charge is -2.06. The van der Waals surface area contributed by atoms with Gasteiger partial charge >= 0.3 is 0 Å². The second-order valence-electron chi connectivity index (χ2n) is 3.30. The molecule has 0 N–H and O–H groups in total. The number of benzene rings is 1. The Morgan fingerprint density at radius 1 is 1.41 bits per heavy atom. The molecular formula is C13H12FNO2. The van der Waals surface area contributed by atoms with Crippen LogP contribution >= 0.6 is 0 Å². The van der Waals surface area contributed by atoms with Crippen LogP contribution in [-0.2, 0) is 4.74 Å². The van der Waals surface area contributed by atoms with Gasteiger partial charge in [-0.05, 0) is 24.3 Å². The second-order valence-corrected chi connectivity index (χ2v) is 3.30. The van der Waals surface area contributed by atoms with Gasteiger partial charge in [-0.3, -0.25) is 4.79 Å². The fourth-order valence-corrected chi connectivity index (χ4v) is 1.41. The molecule has 0 atom stereocenters. The number of hydrogen-bond acceptors (Lipinski definition) is 3. The van der Waals surface area contributed by atoms with Crippen LogP contribution in [0.25, 0.3) is 0 Å². The van der Waals surface area contributed by atoms with E-state index in [4.69, 9.17) is 10.00 Å². The van der Waals surface area contributed by atoms with E-state index in [0.717, 1.165) is 0 Å². The van der Waals surface area contributed by atoms with Crippen molar-refractivity contribution < 1.29 is 13.9 Å². The summed E-state index contributed by atoms with van der Waals surface area (Å²) in [6.07, 6.45) is 0.451. The van der Waals surface area contributed by atoms with Crippen molar-refractivity contribution in [1.29, 1.82) is 5.26 Å². The summed E-state index contributed by atoms with van der Waals surface area (Å²) < 4.78 is 17.7. The Morgan fingerprint density at radius 3 is 2.41 bits per heavy atom. The average Bonchev–Trinajstić information content (AvgIpc) is 2.36. The van der Waals surface area contributed by atoms with Crippen LogP contribution in [0.4, 0.5) is 4.39 Å². The molecular weight excluding hydrogens is 221 g/mol. The van der Waals surface area contributed by atoms with Crippen LogP contribution in [0.15, 0.2) is 35.6 Å². The summed E-state index contributed by atoms with van der Waals surface area (Å²) in [5, 5.41) is 8.96. The van der Waals surface area contributed by atoms with Gasteiger partial charge in [0.25, 0.3) is 0 Å². The van der Waals surface area contributed by atoms with Crippen LogP contribution in [-0.4, -0.2) is 12.9 Å². The maximum Gasteiger partial charge on any atom is 0.206 e. The van der Waals surface area contributed by atoms with Gasteiger partial charge in [0.15, 0.2) is 0 Å². The molecule has 0 aromatic heterocycles. The number of nitrogens with zero attached hydrogens (tertiary/aromatic N) is 1. The maximum atomic E-state index is 12.7. The molecule has 1 aromatic carbocycles. The number of methoxy groups -OCH3 is 1. The first-order chi connectivity index (χ1) is 8.13. The first-order valence-corrected chi connectivity index (χ1v) is 5.11. The third-order valence-electron chi connectivity index (χ3n) is 2.29. The van der Waals surface area contributed by atoms with Crippen LogP contribution in [0.5, 0.6) is 0 Å². The lowest BCUT2D eigenvalue weighted by atomic mass is 10.0. The van der Waals surface area contributed by atoms with Gasteiger partial charge in [-0.15, -0.1) is 0 Å². The molecule has 1 aromatic rings. The molecule has 0 unspecified atom stereocenters. The molecule has 0 bridgehead atoms. The summed E-state index contributed by atoms with van der Waals surface area (Å²) in [5.74, 6) is -0.542. The molecule has 0 aliphatic heterocycles. The molecule has 4 heteroatoms. The summed E-state index contributed by atoms with van der Waals surface area (Å²) in [7, 11) is 1.41. The molecule has 0 spiro atoms. The van der Waals surface area contributed by atoms with Crippen molar-refractivity contribution in [2.24, 2.45) is 0 Å². The minimum atomic E-state index is -0.453. The van der Waals surface area contributed by atoms with E-state index in [-0.39, 0.29) is 11.1 Å². The summed E-state index contributed by atoms with van der Waals surface area (Å²) in [6.45, 7) is 1.79. The summed E-state index contributed by atoms with van der Waals surface area (Å²) in [6, 6.07) is 6.88. The van der Waals surface area contributed by atoms with E-state index in [1.54, 1.807) is 6.92 Å². The third-order valence-corrected chi connectivity index (χ3v) is 2.29. The van der Waals surface area contributed by atoms with Crippen LogP contribution < -0.4 is 0 Å². The number of rotatable bonds is 4. The number of carbonyl (C=O) groups is 1. The number of hydrogen-bond donors (Lipinski definition) is 0. The zero-order valence-corrected chi connectivity index (χ0v) is 9.66. The monoisotopic (exact) mass is 233 g/mol. The Morgan fingerprint density at radius 2 is 2.00 bits per heavy atom. The molecule has 1 rings (SSSR count).